The number of hydrogen-bond acceptors (Lipinski definition) is 6. The zero-order valence-corrected chi connectivity index (χ0v) is 14.7. The quantitative estimate of drug-likeness (QED) is 0.599. The standard InChI is InChI=1S/C19H27NO5/c1-23-19(22)17-15-9-5-6-11-20(15)25-18(17)16(21)10-12-24-13-14-7-3-2-4-8-14/h2-4,7-8,15-18,21H,5-6,9-13H2,1H3/t15-,16+,17-,18+/m1/s1. The second-order valence-corrected chi connectivity index (χ2v) is 6.72. The Morgan fingerprint density at radius 3 is 2.92 bits per heavy atom. The van der Waals surface area contributed by atoms with Gasteiger partial charge in [-0.25, -0.2) is 0 Å². The van der Waals surface area contributed by atoms with Gasteiger partial charge in [-0.3, -0.25) is 9.63 Å². The summed E-state index contributed by atoms with van der Waals surface area (Å²) in [4.78, 5) is 18.1. The molecule has 2 aliphatic heterocycles. The Balaban J connectivity index is 1.52. The maximum absolute atomic E-state index is 12.2. The van der Waals surface area contributed by atoms with Gasteiger partial charge in [-0.15, -0.1) is 0 Å². The molecule has 1 aromatic carbocycles. The highest BCUT2D eigenvalue weighted by molar-refractivity contribution is 5.74. The van der Waals surface area contributed by atoms with E-state index in [-0.39, 0.29) is 12.0 Å². The number of aliphatic hydroxyl groups excluding tert-OH is 1. The number of esters is 1. The van der Waals surface area contributed by atoms with Gasteiger partial charge in [0.15, 0.2) is 0 Å². The molecule has 1 aromatic rings. The Bertz CT molecular complexity index is 552. The number of carbonyl (C=O) groups is 1. The Hall–Kier alpha value is -1.47. The molecule has 0 amide bonds. The molecule has 0 aliphatic carbocycles. The first-order valence-corrected chi connectivity index (χ1v) is 9.01. The molecule has 0 unspecified atom stereocenters. The molecule has 6 heteroatoms. The minimum absolute atomic E-state index is 0.00564. The van der Waals surface area contributed by atoms with Crippen LogP contribution in [0, 0.1) is 5.92 Å². The summed E-state index contributed by atoms with van der Waals surface area (Å²) in [5.41, 5.74) is 1.10. The first-order chi connectivity index (χ1) is 12.2. The van der Waals surface area contributed by atoms with Gasteiger partial charge in [-0.2, -0.15) is 5.06 Å². The van der Waals surface area contributed by atoms with Crippen LogP contribution in [0.4, 0.5) is 0 Å². The molecular weight excluding hydrogens is 322 g/mol. The lowest BCUT2D eigenvalue weighted by molar-refractivity contribution is -0.195. The molecule has 138 valence electrons. The number of piperidine rings is 1. The van der Waals surface area contributed by atoms with Crippen molar-refractivity contribution in [3.63, 3.8) is 0 Å². The van der Waals surface area contributed by atoms with E-state index in [1.807, 2.05) is 35.4 Å². The van der Waals surface area contributed by atoms with Gasteiger partial charge < -0.3 is 14.6 Å². The summed E-state index contributed by atoms with van der Waals surface area (Å²) >= 11 is 0. The Kier molecular flexibility index (Phi) is 6.42. The lowest BCUT2D eigenvalue weighted by Crippen LogP contribution is -2.42. The van der Waals surface area contributed by atoms with Crippen LogP contribution in [0.25, 0.3) is 0 Å². The van der Waals surface area contributed by atoms with Crippen molar-refractivity contribution in [3.8, 4) is 0 Å². The highest BCUT2D eigenvalue weighted by Crippen LogP contribution is 2.36. The number of hydroxylamine groups is 2. The number of rotatable bonds is 7. The van der Waals surface area contributed by atoms with E-state index in [1.54, 1.807) is 0 Å². The van der Waals surface area contributed by atoms with Gasteiger partial charge in [0.1, 0.15) is 12.0 Å². The summed E-state index contributed by atoms with van der Waals surface area (Å²) in [7, 11) is 1.39. The monoisotopic (exact) mass is 349 g/mol. The van der Waals surface area contributed by atoms with Crippen molar-refractivity contribution in [3.05, 3.63) is 35.9 Å². The number of nitrogens with zero attached hydrogens (tertiary/aromatic N) is 1. The van der Waals surface area contributed by atoms with Crippen LogP contribution in [0.3, 0.4) is 0 Å². The molecule has 25 heavy (non-hydrogen) atoms. The number of aliphatic hydroxyl groups is 1. The Morgan fingerprint density at radius 2 is 2.16 bits per heavy atom. The Morgan fingerprint density at radius 1 is 1.36 bits per heavy atom. The van der Waals surface area contributed by atoms with Crippen LogP contribution < -0.4 is 0 Å². The lowest BCUT2D eigenvalue weighted by Gasteiger charge is -2.28. The fourth-order valence-electron chi connectivity index (χ4n) is 3.73. The van der Waals surface area contributed by atoms with Crippen LogP contribution in [-0.4, -0.2) is 54.7 Å². The topological polar surface area (TPSA) is 68.2 Å². The summed E-state index contributed by atoms with van der Waals surface area (Å²) in [6.45, 7) is 1.72. The molecule has 4 atom stereocenters. The molecule has 0 aromatic heterocycles. The second-order valence-electron chi connectivity index (χ2n) is 6.72. The maximum atomic E-state index is 12.2. The predicted molar refractivity (Wildman–Crippen MR) is 91.4 cm³/mol. The van der Waals surface area contributed by atoms with E-state index in [9.17, 15) is 9.90 Å². The smallest absolute Gasteiger partial charge is 0.313 e. The third kappa shape index (κ3) is 4.39. The van der Waals surface area contributed by atoms with Crippen LogP contribution >= 0.6 is 0 Å². The summed E-state index contributed by atoms with van der Waals surface area (Å²) in [6, 6.07) is 9.91. The highest BCUT2D eigenvalue weighted by Gasteiger charge is 2.51. The fourth-order valence-corrected chi connectivity index (χ4v) is 3.73. The van der Waals surface area contributed by atoms with E-state index in [4.69, 9.17) is 14.3 Å². The van der Waals surface area contributed by atoms with Crippen molar-refractivity contribution in [1.82, 2.24) is 5.06 Å². The van der Waals surface area contributed by atoms with Crippen molar-refractivity contribution >= 4 is 5.97 Å². The zero-order valence-electron chi connectivity index (χ0n) is 14.7. The van der Waals surface area contributed by atoms with E-state index in [0.717, 1.165) is 31.4 Å². The number of ether oxygens (including phenoxy) is 2. The molecule has 1 N–H and O–H groups in total. The average molecular weight is 349 g/mol. The molecule has 0 bridgehead atoms. The minimum Gasteiger partial charge on any atom is -0.469 e. The SMILES string of the molecule is COC(=O)[C@H]1[C@H]([C@@H](O)CCOCc2ccccc2)ON2CCCC[C@H]12. The van der Waals surface area contributed by atoms with Crippen molar-refractivity contribution in [2.24, 2.45) is 5.92 Å². The molecule has 0 radical (unpaired) electrons. The summed E-state index contributed by atoms with van der Waals surface area (Å²) in [6.07, 6.45) is 2.12. The van der Waals surface area contributed by atoms with E-state index in [0.29, 0.717) is 19.6 Å². The zero-order chi connectivity index (χ0) is 17.6. The van der Waals surface area contributed by atoms with E-state index >= 15 is 0 Å². The predicted octanol–water partition coefficient (Wildman–Crippen LogP) is 1.91. The van der Waals surface area contributed by atoms with Gasteiger partial charge in [0.2, 0.25) is 0 Å². The van der Waals surface area contributed by atoms with Crippen molar-refractivity contribution in [1.29, 1.82) is 0 Å². The number of carbonyl (C=O) groups excluding carboxylic acids is 1. The van der Waals surface area contributed by atoms with E-state index in [1.165, 1.54) is 7.11 Å². The molecule has 0 saturated carbocycles. The van der Waals surface area contributed by atoms with Crippen LogP contribution in [0.15, 0.2) is 30.3 Å². The van der Waals surface area contributed by atoms with Crippen molar-refractivity contribution < 1.29 is 24.2 Å². The molecule has 3 rings (SSSR count). The minimum atomic E-state index is -0.759. The van der Waals surface area contributed by atoms with Crippen LogP contribution in [0.1, 0.15) is 31.2 Å². The van der Waals surface area contributed by atoms with Crippen molar-refractivity contribution in [2.45, 2.75) is 50.5 Å². The molecule has 2 fully saturated rings. The van der Waals surface area contributed by atoms with E-state index < -0.39 is 18.1 Å². The van der Waals surface area contributed by atoms with Gasteiger partial charge >= 0.3 is 5.97 Å². The third-order valence-electron chi connectivity index (χ3n) is 5.05. The molecule has 0 spiro atoms. The third-order valence-corrected chi connectivity index (χ3v) is 5.05. The lowest BCUT2D eigenvalue weighted by atomic mass is 9.86. The van der Waals surface area contributed by atoms with Gasteiger partial charge in [-0.05, 0) is 24.8 Å². The normalized spacial score (nSPS) is 27.7. The first kappa shape index (κ1) is 18.3. The molecule has 2 saturated heterocycles. The summed E-state index contributed by atoms with van der Waals surface area (Å²) in [5.74, 6) is -0.738. The van der Waals surface area contributed by atoms with Gasteiger partial charge in [0.05, 0.1) is 25.9 Å². The number of benzene rings is 1. The van der Waals surface area contributed by atoms with Gasteiger partial charge in [-0.1, -0.05) is 36.8 Å². The van der Waals surface area contributed by atoms with Gasteiger partial charge in [0, 0.05) is 13.2 Å². The molecule has 2 aliphatic rings. The van der Waals surface area contributed by atoms with Crippen LogP contribution in [0.5, 0.6) is 0 Å². The largest absolute Gasteiger partial charge is 0.469 e. The summed E-state index contributed by atoms with van der Waals surface area (Å²) < 4.78 is 10.6. The second kappa shape index (κ2) is 8.76. The van der Waals surface area contributed by atoms with E-state index in [2.05, 4.69) is 0 Å². The Labute approximate surface area is 148 Å². The molecular formula is C19H27NO5. The van der Waals surface area contributed by atoms with Gasteiger partial charge in [0.25, 0.3) is 0 Å². The van der Waals surface area contributed by atoms with Crippen LogP contribution in [0.2, 0.25) is 0 Å². The highest BCUT2D eigenvalue weighted by atomic mass is 16.7. The van der Waals surface area contributed by atoms with Crippen LogP contribution in [-0.2, 0) is 25.7 Å². The number of hydrogen-bond donors (Lipinski definition) is 1. The molecule has 6 nitrogen and oxygen atoms in total. The summed E-state index contributed by atoms with van der Waals surface area (Å²) in [5, 5.41) is 12.4. The molecule has 2 heterocycles. The average Bonchev–Trinajstić information content (AvgIpc) is 3.05. The maximum Gasteiger partial charge on any atom is 0.313 e. The fraction of sp³-hybridized carbons (Fsp3) is 0.632. The number of fused-ring (bicyclic) bond motifs is 1. The van der Waals surface area contributed by atoms with Crippen molar-refractivity contribution in [2.75, 3.05) is 20.3 Å². The first-order valence-electron chi connectivity index (χ1n) is 9.01. The number of methoxy groups -OCH3 is 1.